The zero-order valence-electron chi connectivity index (χ0n) is 11.3. The zero-order valence-corrected chi connectivity index (χ0v) is 11.3. The molecule has 0 spiro atoms. The van der Waals surface area contributed by atoms with Crippen molar-refractivity contribution in [1.29, 1.82) is 0 Å². The van der Waals surface area contributed by atoms with E-state index in [4.69, 9.17) is 4.74 Å². The summed E-state index contributed by atoms with van der Waals surface area (Å²) in [6.45, 7) is 6.86. The third-order valence-corrected chi connectivity index (χ3v) is 3.62. The van der Waals surface area contributed by atoms with Crippen molar-refractivity contribution in [3.63, 3.8) is 0 Å². The van der Waals surface area contributed by atoms with Gasteiger partial charge in [-0.1, -0.05) is 17.7 Å². The maximum absolute atomic E-state index is 9.88. The summed E-state index contributed by atoms with van der Waals surface area (Å²) in [5, 5.41) is 13.4. The van der Waals surface area contributed by atoms with Crippen molar-refractivity contribution < 1.29 is 9.84 Å². The Morgan fingerprint density at radius 1 is 1.50 bits per heavy atom. The predicted molar refractivity (Wildman–Crippen MR) is 72.8 cm³/mol. The molecule has 0 bridgehead atoms. The predicted octanol–water partition coefficient (Wildman–Crippen LogP) is 2.78. The maximum Gasteiger partial charge on any atom is 0.120 e. The van der Waals surface area contributed by atoms with Gasteiger partial charge in [0, 0.05) is 24.8 Å². The van der Waals surface area contributed by atoms with Crippen molar-refractivity contribution in [2.75, 3.05) is 19.8 Å². The van der Waals surface area contributed by atoms with Crippen LogP contribution in [0.1, 0.15) is 36.9 Å². The van der Waals surface area contributed by atoms with Crippen LogP contribution in [-0.2, 0) is 4.74 Å². The summed E-state index contributed by atoms with van der Waals surface area (Å²) in [5.41, 5.74) is 2.16. The molecular formula is C15H23NO2. The summed E-state index contributed by atoms with van der Waals surface area (Å²) in [6, 6.07) is 5.92. The van der Waals surface area contributed by atoms with Gasteiger partial charge in [-0.15, -0.1) is 0 Å². The van der Waals surface area contributed by atoms with Gasteiger partial charge in [0.1, 0.15) is 5.75 Å². The van der Waals surface area contributed by atoms with Crippen LogP contribution in [0.15, 0.2) is 18.2 Å². The van der Waals surface area contributed by atoms with Crippen molar-refractivity contribution in [3.8, 4) is 5.75 Å². The lowest BCUT2D eigenvalue weighted by molar-refractivity contribution is 0.0540. The van der Waals surface area contributed by atoms with Gasteiger partial charge in [0.15, 0.2) is 0 Å². The van der Waals surface area contributed by atoms with Gasteiger partial charge < -0.3 is 15.2 Å². The standard InChI is InChI=1S/C15H23NO2/c1-11-5-6-15(17)14(8-11)12(2)16-9-13-4-3-7-18-10-13/h5-6,8,12-13,16-17H,3-4,7,9-10H2,1-2H3. The molecule has 2 atom stereocenters. The SMILES string of the molecule is Cc1ccc(O)c(C(C)NCC2CCCOC2)c1. The average Bonchev–Trinajstić information content (AvgIpc) is 2.40. The molecule has 3 nitrogen and oxygen atoms in total. The van der Waals surface area contributed by atoms with Gasteiger partial charge in [0.2, 0.25) is 0 Å². The van der Waals surface area contributed by atoms with Crippen LogP contribution < -0.4 is 5.32 Å². The highest BCUT2D eigenvalue weighted by atomic mass is 16.5. The molecule has 1 fully saturated rings. The third kappa shape index (κ3) is 3.47. The van der Waals surface area contributed by atoms with E-state index in [9.17, 15) is 5.11 Å². The van der Waals surface area contributed by atoms with Gasteiger partial charge in [0.25, 0.3) is 0 Å². The van der Waals surface area contributed by atoms with E-state index in [-0.39, 0.29) is 6.04 Å². The third-order valence-electron chi connectivity index (χ3n) is 3.62. The number of hydrogen-bond acceptors (Lipinski definition) is 3. The van der Waals surface area contributed by atoms with E-state index in [1.807, 2.05) is 19.1 Å². The Morgan fingerprint density at radius 2 is 2.33 bits per heavy atom. The van der Waals surface area contributed by atoms with Gasteiger partial charge in [-0.05, 0) is 38.7 Å². The molecule has 1 aliphatic rings. The van der Waals surface area contributed by atoms with Gasteiger partial charge in [-0.3, -0.25) is 0 Å². The van der Waals surface area contributed by atoms with Crippen molar-refractivity contribution in [3.05, 3.63) is 29.3 Å². The molecule has 1 aliphatic heterocycles. The number of phenols is 1. The highest BCUT2D eigenvalue weighted by Gasteiger charge is 2.16. The molecule has 1 heterocycles. The van der Waals surface area contributed by atoms with Gasteiger partial charge in [-0.25, -0.2) is 0 Å². The molecule has 2 N–H and O–H groups in total. The maximum atomic E-state index is 9.88. The van der Waals surface area contributed by atoms with E-state index in [0.717, 1.165) is 31.7 Å². The van der Waals surface area contributed by atoms with Crippen LogP contribution in [0.3, 0.4) is 0 Å². The molecule has 0 amide bonds. The second-order valence-electron chi connectivity index (χ2n) is 5.28. The first kappa shape index (κ1) is 13.4. The van der Waals surface area contributed by atoms with Crippen LogP contribution >= 0.6 is 0 Å². The highest BCUT2D eigenvalue weighted by molar-refractivity contribution is 5.37. The fourth-order valence-electron chi connectivity index (χ4n) is 2.44. The quantitative estimate of drug-likeness (QED) is 0.862. The summed E-state index contributed by atoms with van der Waals surface area (Å²) in [5.74, 6) is 0.980. The first-order chi connectivity index (χ1) is 8.66. The lowest BCUT2D eigenvalue weighted by Gasteiger charge is -2.24. The number of benzene rings is 1. The number of hydrogen-bond donors (Lipinski definition) is 2. The zero-order chi connectivity index (χ0) is 13.0. The monoisotopic (exact) mass is 249 g/mol. The highest BCUT2D eigenvalue weighted by Crippen LogP contribution is 2.25. The lowest BCUT2D eigenvalue weighted by atomic mass is 10.0. The van der Waals surface area contributed by atoms with Crippen LogP contribution in [0.5, 0.6) is 5.75 Å². The minimum atomic E-state index is 0.173. The molecule has 2 rings (SSSR count). The molecule has 0 saturated carbocycles. The van der Waals surface area contributed by atoms with E-state index in [2.05, 4.69) is 12.2 Å². The molecule has 2 unspecified atom stereocenters. The summed E-state index contributed by atoms with van der Waals surface area (Å²) in [7, 11) is 0. The van der Waals surface area contributed by atoms with E-state index >= 15 is 0 Å². The number of aryl methyl sites for hydroxylation is 1. The largest absolute Gasteiger partial charge is 0.508 e. The summed E-state index contributed by atoms with van der Waals surface area (Å²) in [6.07, 6.45) is 2.40. The minimum absolute atomic E-state index is 0.173. The summed E-state index contributed by atoms with van der Waals surface area (Å²) < 4.78 is 5.47. The van der Waals surface area contributed by atoms with E-state index in [0.29, 0.717) is 11.7 Å². The normalized spacial score (nSPS) is 21.8. The van der Waals surface area contributed by atoms with Crippen LogP contribution in [-0.4, -0.2) is 24.9 Å². The second kappa shape index (κ2) is 6.21. The molecule has 1 aromatic rings. The Hall–Kier alpha value is -1.06. The molecule has 100 valence electrons. The van der Waals surface area contributed by atoms with Gasteiger partial charge >= 0.3 is 0 Å². The van der Waals surface area contributed by atoms with E-state index < -0.39 is 0 Å². The Kier molecular flexibility index (Phi) is 4.61. The molecular weight excluding hydrogens is 226 g/mol. The smallest absolute Gasteiger partial charge is 0.120 e. The summed E-state index contributed by atoms with van der Waals surface area (Å²) >= 11 is 0. The Morgan fingerprint density at radius 3 is 3.06 bits per heavy atom. The Bertz CT molecular complexity index is 386. The molecule has 0 aromatic heterocycles. The first-order valence-electron chi connectivity index (χ1n) is 6.77. The van der Waals surface area contributed by atoms with Crippen molar-refractivity contribution in [1.82, 2.24) is 5.32 Å². The second-order valence-corrected chi connectivity index (χ2v) is 5.28. The average molecular weight is 249 g/mol. The number of ether oxygens (including phenoxy) is 1. The fraction of sp³-hybridized carbons (Fsp3) is 0.600. The minimum Gasteiger partial charge on any atom is -0.508 e. The van der Waals surface area contributed by atoms with E-state index in [1.54, 1.807) is 6.07 Å². The fourth-order valence-corrected chi connectivity index (χ4v) is 2.44. The molecule has 1 aromatic carbocycles. The number of phenolic OH excluding ortho intramolecular Hbond substituents is 1. The molecule has 3 heteroatoms. The lowest BCUT2D eigenvalue weighted by Crippen LogP contribution is -2.30. The molecule has 0 radical (unpaired) electrons. The van der Waals surface area contributed by atoms with Crippen molar-refractivity contribution >= 4 is 0 Å². The van der Waals surface area contributed by atoms with Gasteiger partial charge in [-0.2, -0.15) is 0 Å². The summed E-state index contributed by atoms with van der Waals surface area (Å²) in [4.78, 5) is 0. The molecule has 1 saturated heterocycles. The van der Waals surface area contributed by atoms with Gasteiger partial charge in [0.05, 0.1) is 6.61 Å². The van der Waals surface area contributed by atoms with Crippen LogP contribution in [0.2, 0.25) is 0 Å². The number of rotatable bonds is 4. The Balaban J connectivity index is 1.90. The Labute approximate surface area is 109 Å². The van der Waals surface area contributed by atoms with Crippen LogP contribution in [0.25, 0.3) is 0 Å². The van der Waals surface area contributed by atoms with E-state index in [1.165, 1.54) is 12.0 Å². The number of nitrogens with one attached hydrogen (secondary N) is 1. The first-order valence-corrected chi connectivity index (χ1v) is 6.77. The van der Waals surface area contributed by atoms with Crippen molar-refractivity contribution in [2.45, 2.75) is 32.7 Å². The van der Waals surface area contributed by atoms with Crippen molar-refractivity contribution in [2.24, 2.45) is 5.92 Å². The topological polar surface area (TPSA) is 41.5 Å². The number of aromatic hydroxyl groups is 1. The molecule has 0 aliphatic carbocycles. The van der Waals surface area contributed by atoms with Crippen LogP contribution in [0.4, 0.5) is 0 Å². The molecule has 18 heavy (non-hydrogen) atoms. The van der Waals surface area contributed by atoms with Crippen LogP contribution in [0, 0.1) is 12.8 Å².